The summed E-state index contributed by atoms with van der Waals surface area (Å²) in [5.41, 5.74) is 1.61. The number of halogens is 1. The van der Waals surface area contributed by atoms with E-state index in [4.69, 9.17) is 11.6 Å². The van der Waals surface area contributed by atoms with Gasteiger partial charge in [-0.05, 0) is 37.4 Å². The summed E-state index contributed by atoms with van der Waals surface area (Å²) in [7, 11) is 0. The number of nitrogens with zero attached hydrogens (tertiary/aromatic N) is 1. The van der Waals surface area contributed by atoms with Crippen molar-refractivity contribution in [1.29, 1.82) is 0 Å². The van der Waals surface area contributed by atoms with Gasteiger partial charge in [0.2, 0.25) is 5.24 Å². The predicted molar refractivity (Wildman–Crippen MR) is 64.9 cm³/mol. The second-order valence-corrected chi connectivity index (χ2v) is 4.23. The van der Waals surface area contributed by atoms with E-state index < -0.39 is 5.24 Å². The zero-order valence-electron chi connectivity index (χ0n) is 9.62. The van der Waals surface area contributed by atoms with E-state index in [9.17, 15) is 9.59 Å². The van der Waals surface area contributed by atoms with Gasteiger partial charge in [-0.1, -0.05) is 13.0 Å². The van der Waals surface area contributed by atoms with Gasteiger partial charge < -0.3 is 4.57 Å². The van der Waals surface area contributed by atoms with Gasteiger partial charge >= 0.3 is 0 Å². The Kier molecular flexibility index (Phi) is 4.74. The van der Waals surface area contributed by atoms with Crippen LogP contribution >= 0.6 is 11.6 Å². The monoisotopic (exact) mass is 241 g/mol. The maximum absolute atomic E-state index is 12.0. The Morgan fingerprint density at radius 2 is 2.12 bits per heavy atom. The molecule has 0 atom stereocenters. The minimum Gasteiger partial charge on any atom is -0.313 e. The average Bonchev–Trinajstić information content (AvgIpc) is 2.23. The van der Waals surface area contributed by atoms with Crippen LogP contribution in [0.2, 0.25) is 0 Å². The number of pyridine rings is 1. The summed E-state index contributed by atoms with van der Waals surface area (Å²) in [5.74, 6) is 0. The molecule has 0 amide bonds. The van der Waals surface area contributed by atoms with E-state index in [1.165, 1.54) is 0 Å². The van der Waals surface area contributed by atoms with Gasteiger partial charge in [0, 0.05) is 24.2 Å². The third kappa shape index (κ3) is 3.20. The number of rotatable bonds is 5. The topological polar surface area (TPSA) is 39.1 Å². The molecule has 0 aromatic carbocycles. The van der Waals surface area contributed by atoms with Gasteiger partial charge in [-0.2, -0.15) is 0 Å². The molecule has 0 bridgehead atoms. The number of hydrogen-bond acceptors (Lipinski definition) is 2. The predicted octanol–water partition coefficient (Wildman–Crippen LogP) is 2.26. The second kappa shape index (κ2) is 5.85. The first-order valence-electron chi connectivity index (χ1n) is 5.44. The number of hydrogen-bond donors (Lipinski definition) is 0. The van der Waals surface area contributed by atoms with Crippen LogP contribution in [0.3, 0.4) is 0 Å². The van der Waals surface area contributed by atoms with Crippen molar-refractivity contribution in [1.82, 2.24) is 4.57 Å². The molecule has 1 aromatic rings. The Morgan fingerprint density at radius 1 is 1.44 bits per heavy atom. The minimum absolute atomic E-state index is 0.000216. The van der Waals surface area contributed by atoms with Crippen LogP contribution in [0.15, 0.2) is 16.9 Å². The molecule has 0 spiro atoms. The van der Waals surface area contributed by atoms with Crippen molar-refractivity contribution in [3.05, 3.63) is 33.7 Å². The molecule has 1 heterocycles. The Balaban J connectivity index is 2.99. The number of carbonyl (C=O) groups excluding carboxylic acids is 1. The number of aromatic nitrogens is 1. The summed E-state index contributed by atoms with van der Waals surface area (Å²) in [6.07, 6.45) is 1.55. The lowest BCUT2D eigenvalue weighted by Crippen LogP contribution is -2.25. The molecule has 0 radical (unpaired) electrons. The van der Waals surface area contributed by atoms with Crippen molar-refractivity contribution in [2.24, 2.45) is 0 Å². The van der Waals surface area contributed by atoms with E-state index in [1.807, 2.05) is 19.9 Å². The molecule has 0 saturated heterocycles. The average molecular weight is 242 g/mol. The molecule has 88 valence electrons. The van der Waals surface area contributed by atoms with Crippen molar-refractivity contribution in [3.8, 4) is 0 Å². The maximum Gasteiger partial charge on any atom is 0.253 e. The quantitative estimate of drug-likeness (QED) is 0.742. The van der Waals surface area contributed by atoms with Crippen molar-refractivity contribution in [3.63, 3.8) is 0 Å². The molecule has 1 aromatic heterocycles. The molecule has 0 N–H and O–H groups in total. The van der Waals surface area contributed by atoms with Gasteiger partial charge in [0.25, 0.3) is 5.56 Å². The van der Waals surface area contributed by atoms with Gasteiger partial charge in [-0.25, -0.2) is 0 Å². The number of aryl methyl sites for hydroxylation is 2. The third-order valence-electron chi connectivity index (χ3n) is 2.51. The number of carbonyl (C=O) groups is 1. The molecule has 0 saturated carbocycles. The third-order valence-corrected chi connectivity index (χ3v) is 2.70. The van der Waals surface area contributed by atoms with Crippen molar-refractivity contribution in [2.45, 2.75) is 39.7 Å². The lowest BCUT2D eigenvalue weighted by atomic mass is 10.1. The molecule has 4 heteroatoms. The van der Waals surface area contributed by atoms with E-state index in [0.717, 1.165) is 12.1 Å². The molecule has 0 aliphatic carbocycles. The van der Waals surface area contributed by atoms with Gasteiger partial charge in [0.1, 0.15) is 0 Å². The highest BCUT2D eigenvalue weighted by Crippen LogP contribution is 2.03. The van der Waals surface area contributed by atoms with E-state index >= 15 is 0 Å². The zero-order valence-corrected chi connectivity index (χ0v) is 10.4. The highest BCUT2D eigenvalue weighted by atomic mass is 35.5. The van der Waals surface area contributed by atoms with Crippen LogP contribution in [-0.4, -0.2) is 9.81 Å². The van der Waals surface area contributed by atoms with E-state index in [2.05, 4.69) is 0 Å². The van der Waals surface area contributed by atoms with Crippen molar-refractivity contribution >= 4 is 16.8 Å². The molecule has 0 unspecified atom stereocenters. The van der Waals surface area contributed by atoms with Crippen molar-refractivity contribution in [2.75, 3.05) is 0 Å². The molecule has 16 heavy (non-hydrogen) atoms. The first-order valence-corrected chi connectivity index (χ1v) is 5.81. The SMILES string of the molecule is CCCn1c(C)ccc(CCC(=O)Cl)c1=O. The largest absolute Gasteiger partial charge is 0.313 e. The minimum atomic E-state index is -0.401. The molecule has 3 nitrogen and oxygen atoms in total. The Labute approximate surface area is 100 Å². The standard InChI is InChI=1S/C12H16ClNO2/c1-3-8-14-9(2)4-5-10(12(14)16)6-7-11(13)15/h4-5H,3,6-8H2,1-2H3. The fourth-order valence-corrected chi connectivity index (χ4v) is 1.74. The maximum atomic E-state index is 12.0. The fourth-order valence-electron chi connectivity index (χ4n) is 1.64. The van der Waals surface area contributed by atoms with Gasteiger partial charge in [-0.3, -0.25) is 9.59 Å². The van der Waals surface area contributed by atoms with Crippen LogP contribution in [-0.2, 0) is 17.8 Å². The Bertz CT molecular complexity index is 437. The molecular formula is C12H16ClNO2. The van der Waals surface area contributed by atoms with Crippen LogP contribution in [0, 0.1) is 6.92 Å². The first-order chi connectivity index (χ1) is 7.56. The second-order valence-electron chi connectivity index (χ2n) is 3.81. The molecular weight excluding hydrogens is 226 g/mol. The summed E-state index contributed by atoms with van der Waals surface area (Å²) < 4.78 is 1.74. The molecule has 0 aliphatic rings. The smallest absolute Gasteiger partial charge is 0.253 e. The normalized spacial score (nSPS) is 10.4. The molecule has 0 fully saturated rings. The summed E-state index contributed by atoms with van der Waals surface area (Å²) >= 11 is 5.26. The fraction of sp³-hybridized carbons (Fsp3) is 0.500. The van der Waals surface area contributed by atoms with E-state index in [0.29, 0.717) is 18.5 Å². The van der Waals surface area contributed by atoms with Crippen LogP contribution in [0.1, 0.15) is 31.0 Å². The van der Waals surface area contributed by atoms with Gasteiger partial charge in [0.05, 0.1) is 0 Å². The molecule has 1 rings (SSSR count). The van der Waals surface area contributed by atoms with Crippen LogP contribution < -0.4 is 5.56 Å². The van der Waals surface area contributed by atoms with Crippen molar-refractivity contribution < 1.29 is 4.79 Å². The summed E-state index contributed by atoms with van der Waals surface area (Å²) in [6, 6.07) is 3.69. The highest BCUT2D eigenvalue weighted by molar-refractivity contribution is 6.63. The zero-order chi connectivity index (χ0) is 12.1. The highest BCUT2D eigenvalue weighted by Gasteiger charge is 2.07. The summed E-state index contributed by atoms with van der Waals surface area (Å²) in [6.45, 7) is 4.65. The van der Waals surface area contributed by atoms with E-state index in [1.54, 1.807) is 10.6 Å². The Hall–Kier alpha value is -1.09. The first kappa shape index (κ1) is 13.0. The lowest BCUT2D eigenvalue weighted by molar-refractivity contribution is -0.111. The van der Waals surface area contributed by atoms with Crippen LogP contribution in [0.25, 0.3) is 0 Å². The lowest BCUT2D eigenvalue weighted by Gasteiger charge is -2.10. The van der Waals surface area contributed by atoms with E-state index in [-0.39, 0.29) is 12.0 Å². The summed E-state index contributed by atoms with van der Waals surface area (Å²) in [4.78, 5) is 22.7. The van der Waals surface area contributed by atoms with Crippen LogP contribution in [0.4, 0.5) is 0 Å². The summed E-state index contributed by atoms with van der Waals surface area (Å²) in [5, 5.41) is -0.401. The van der Waals surface area contributed by atoms with Gasteiger partial charge in [-0.15, -0.1) is 0 Å². The van der Waals surface area contributed by atoms with Gasteiger partial charge in [0.15, 0.2) is 0 Å². The molecule has 0 aliphatic heterocycles. The van der Waals surface area contributed by atoms with Crippen LogP contribution in [0.5, 0.6) is 0 Å². The Morgan fingerprint density at radius 3 is 2.69 bits per heavy atom.